The van der Waals surface area contributed by atoms with Crippen LogP contribution in [-0.2, 0) is 14.8 Å². The number of nitrogens with one attached hydrogen (secondary N) is 2. The highest BCUT2D eigenvalue weighted by molar-refractivity contribution is 8.01. The Kier molecular flexibility index (Phi) is 7.99. The molecule has 4 aromatic carbocycles. The highest BCUT2D eigenvalue weighted by atomic mass is 35.5. The van der Waals surface area contributed by atoms with Crippen molar-refractivity contribution in [1.29, 1.82) is 0 Å². The van der Waals surface area contributed by atoms with Crippen LogP contribution in [0.2, 0.25) is 5.02 Å². The van der Waals surface area contributed by atoms with Crippen LogP contribution in [0.1, 0.15) is 17.2 Å². The number of hydrogen-bond acceptors (Lipinski definition) is 6. The number of sulfonamides is 1. The zero-order chi connectivity index (χ0) is 26.5. The molecule has 38 heavy (non-hydrogen) atoms. The number of rotatable bonds is 9. The molecule has 192 valence electrons. The fourth-order valence-corrected chi connectivity index (χ4v) is 6.93. The van der Waals surface area contributed by atoms with Crippen LogP contribution in [0, 0.1) is 0 Å². The number of thiazole rings is 1. The normalized spacial score (nSPS) is 11.5. The first-order valence-electron chi connectivity index (χ1n) is 11.6. The molecule has 1 amide bonds. The van der Waals surface area contributed by atoms with Crippen molar-refractivity contribution in [2.45, 2.75) is 15.3 Å². The predicted molar refractivity (Wildman–Crippen MR) is 155 cm³/mol. The molecule has 0 saturated heterocycles. The predicted octanol–water partition coefficient (Wildman–Crippen LogP) is 6.75. The number of benzene rings is 4. The third-order valence-electron chi connectivity index (χ3n) is 5.64. The van der Waals surface area contributed by atoms with E-state index in [2.05, 4.69) is 15.0 Å². The van der Waals surface area contributed by atoms with Crippen molar-refractivity contribution in [3.63, 3.8) is 0 Å². The number of hydrogen-bond donors (Lipinski definition) is 2. The average Bonchev–Trinajstić information content (AvgIpc) is 3.34. The van der Waals surface area contributed by atoms with Crippen LogP contribution in [0.15, 0.2) is 112 Å². The van der Waals surface area contributed by atoms with Crippen molar-refractivity contribution in [1.82, 2.24) is 10.3 Å². The Morgan fingerprint density at radius 1 is 0.895 bits per heavy atom. The van der Waals surface area contributed by atoms with Gasteiger partial charge in [0.15, 0.2) is 4.34 Å². The summed E-state index contributed by atoms with van der Waals surface area (Å²) < 4.78 is 29.6. The molecule has 6 nitrogen and oxygen atoms in total. The Hall–Kier alpha value is -3.37. The van der Waals surface area contributed by atoms with Crippen LogP contribution >= 0.6 is 34.7 Å². The van der Waals surface area contributed by atoms with Crippen LogP contribution in [0.4, 0.5) is 5.69 Å². The second kappa shape index (κ2) is 11.6. The number of anilines is 1. The molecule has 0 aliphatic rings. The van der Waals surface area contributed by atoms with Crippen molar-refractivity contribution in [2.75, 3.05) is 10.5 Å². The molecular weight excluding hydrogens is 558 g/mol. The number of halogens is 1. The zero-order valence-corrected chi connectivity index (χ0v) is 23.1. The van der Waals surface area contributed by atoms with E-state index in [0.717, 1.165) is 25.7 Å². The van der Waals surface area contributed by atoms with Gasteiger partial charge in [-0.3, -0.25) is 9.52 Å². The van der Waals surface area contributed by atoms with E-state index >= 15 is 0 Å². The Morgan fingerprint density at radius 3 is 2.16 bits per heavy atom. The van der Waals surface area contributed by atoms with Gasteiger partial charge in [-0.15, -0.1) is 11.3 Å². The molecule has 10 heteroatoms. The number of amides is 1. The van der Waals surface area contributed by atoms with Gasteiger partial charge in [-0.05, 0) is 53.6 Å². The van der Waals surface area contributed by atoms with Gasteiger partial charge in [0.25, 0.3) is 10.0 Å². The molecule has 0 fully saturated rings. The maximum Gasteiger partial charge on any atom is 0.261 e. The van der Waals surface area contributed by atoms with Gasteiger partial charge in [0.1, 0.15) is 0 Å². The van der Waals surface area contributed by atoms with Crippen molar-refractivity contribution >= 4 is 66.5 Å². The van der Waals surface area contributed by atoms with Gasteiger partial charge in [0.2, 0.25) is 5.91 Å². The quantitative estimate of drug-likeness (QED) is 0.189. The van der Waals surface area contributed by atoms with Crippen LogP contribution in [-0.4, -0.2) is 25.1 Å². The van der Waals surface area contributed by atoms with Gasteiger partial charge in [-0.1, -0.05) is 84.0 Å². The molecule has 5 aromatic rings. The van der Waals surface area contributed by atoms with Crippen molar-refractivity contribution in [3.05, 3.63) is 119 Å². The zero-order valence-electron chi connectivity index (χ0n) is 19.9. The molecule has 0 bridgehead atoms. The van der Waals surface area contributed by atoms with E-state index in [9.17, 15) is 13.2 Å². The summed E-state index contributed by atoms with van der Waals surface area (Å²) in [5, 5.41) is 3.60. The van der Waals surface area contributed by atoms with E-state index < -0.39 is 10.0 Å². The molecule has 0 radical (unpaired) electrons. The van der Waals surface area contributed by atoms with Crippen molar-refractivity contribution < 1.29 is 13.2 Å². The lowest BCUT2D eigenvalue weighted by atomic mass is 9.99. The van der Waals surface area contributed by atoms with Crippen LogP contribution in [0.3, 0.4) is 0 Å². The van der Waals surface area contributed by atoms with E-state index in [4.69, 9.17) is 11.6 Å². The molecule has 5 rings (SSSR count). The highest BCUT2D eigenvalue weighted by Gasteiger charge is 2.18. The average molecular weight is 580 g/mol. The molecule has 0 unspecified atom stereocenters. The van der Waals surface area contributed by atoms with Crippen LogP contribution in [0.5, 0.6) is 0 Å². The van der Waals surface area contributed by atoms with Crippen LogP contribution in [0.25, 0.3) is 10.2 Å². The summed E-state index contributed by atoms with van der Waals surface area (Å²) in [6.45, 7) is 0. The SMILES string of the molecule is O=C(CSc1nc2ccc(NS(=O)(=O)c3ccc(Cl)cc3)cc2s1)NC(c1ccccc1)c1ccccc1. The Bertz CT molecular complexity index is 1620. The molecule has 1 aromatic heterocycles. The Balaban J connectivity index is 1.26. The number of carbonyl (C=O) groups excluding carboxylic acids is 1. The minimum Gasteiger partial charge on any atom is -0.344 e. The van der Waals surface area contributed by atoms with E-state index in [-0.39, 0.29) is 22.6 Å². The summed E-state index contributed by atoms with van der Waals surface area (Å²) in [5.41, 5.74) is 3.17. The second-order valence-corrected chi connectivity index (χ2v) is 12.7. The number of carbonyl (C=O) groups is 1. The van der Waals surface area contributed by atoms with Gasteiger partial charge in [0.05, 0.1) is 32.6 Å². The summed E-state index contributed by atoms with van der Waals surface area (Å²) in [6.07, 6.45) is 0. The molecule has 0 aliphatic heterocycles. The number of thioether (sulfide) groups is 1. The third-order valence-corrected chi connectivity index (χ3v) is 9.45. The number of aromatic nitrogens is 1. The third kappa shape index (κ3) is 6.36. The Labute approximate surface area is 234 Å². The summed E-state index contributed by atoms with van der Waals surface area (Å²) in [7, 11) is -3.75. The molecule has 0 saturated carbocycles. The van der Waals surface area contributed by atoms with E-state index in [1.54, 1.807) is 18.2 Å². The summed E-state index contributed by atoms with van der Waals surface area (Å²) in [5.74, 6) is 0.0925. The molecule has 1 heterocycles. The maximum atomic E-state index is 12.9. The van der Waals surface area contributed by atoms with Gasteiger partial charge in [0, 0.05) is 5.02 Å². The van der Waals surface area contributed by atoms with Crippen molar-refractivity contribution in [3.8, 4) is 0 Å². The lowest BCUT2D eigenvalue weighted by Crippen LogP contribution is -2.30. The summed E-state index contributed by atoms with van der Waals surface area (Å²) in [4.78, 5) is 17.6. The molecular formula is C28H22ClN3O3S3. The summed E-state index contributed by atoms with van der Waals surface area (Å²) >= 11 is 8.62. The minimum absolute atomic E-state index is 0.108. The fraction of sp³-hybridized carbons (Fsp3) is 0.0714. The fourth-order valence-electron chi connectivity index (χ4n) is 3.84. The second-order valence-electron chi connectivity index (χ2n) is 8.33. The lowest BCUT2D eigenvalue weighted by molar-refractivity contribution is -0.119. The standard InChI is InChI=1S/C28H22ClN3O3S3/c29-21-11-14-23(15-12-21)38(34,35)32-22-13-16-24-25(17-22)37-28(30-24)36-18-26(33)31-27(19-7-3-1-4-8-19)20-9-5-2-6-10-20/h1-17,27,32H,18H2,(H,31,33). The molecule has 0 spiro atoms. The van der Waals surface area contributed by atoms with E-state index in [0.29, 0.717) is 10.7 Å². The number of nitrogens with zero attached hydrogens (tertiary/aromatic N) is 1. The summed E-state index contributed by atoms with van der Waals surface area (Å²) in [6, 6.07) is 30.6. The Morgan fingerprint density at radius 2 is 1.53 bits per heavy atom. The van der Waals surface area contributed by atoms with Gasteiger partial charge < -0.3 is 5.32 Å². The molecule has 2 N–H and O–H groups in total. The maximum absolute atomic E-state index is 12.9. The first-order valence-corrected chi connectivity index (χ1v) is 15.2. The van der Waals surface area contributed by atoms with E-state index in [1.807, 2.05) is 60.7 Å². The van der Waals surface area contributed by atoms with Crippen molar-refractivity contribution in [2.24, 2.45) is 0 Å². The van der Waals surface area contributed by atoms with Gasteiger partial charge in [-0.2, -0.15) is 0 Å². The molecule has 0 atom stereocenters. The monoisotopic (exact) mass is 579 g/mol. The number of fused-ring (bicyclic) bond motifs is 1. The molecule has 0 aliphatic carbocycles. The van der Waals surface area contributed by atoms with E-state index in [1.165, 1.54) is 47.4 Å². The highest BCUT2D eigenvalue weighted by Crippen LogP contribution is 2.32. The smallest absolute Gasteiger partial charge is 0.261 e. The van der Waals surface area contributed by atoms with Gasteiger partial charge >= 0.3 is 0 Å². The van der Waals surface area contributed by atoms with Gasteiger partial charge in [-0.25, -0.2) is 13.4 Å². The first kappa shape index (κ1) is 26.2. The van der Waals surface area contributed by atoms with Crippen LogP contribution < -0.4 is 10.0 Å². The lowest BCUT2D eigenvalue weighted by Gasteiger charge is -2.19. The first-order chi connectivity index (χ1) is 18.4. The largest absolute Gasteiger partial charge is 0.344 e. The topological polar surface area (TPSA) is 88.2 Å². The minimum atomic E-state index is -3.75.